The molecule has 6 heteroatoms. The average Bonchev–Trinajstić information content (AvgIpc) is 2.60. The molecule has 2 heterocycles. The van der Waals surface area contributed by atoms with Gasteiger partial charge in [-0.2, -0.15) is 0 Å². The Kier molecular flexibility index (Phi) is 3.23. The zero-order valence-electron chi connectivity index (χ0n) is 9.77. The van der Waals surface area contributed by atoms with Gasteiger partial charge in [0.05, 0.1) is 12.1 Å². The summed E-state index contributed by atoms with van der Waals surface area (Å²) in [5, 5.41) is 10.2. The van der Waals surface area contributed by atoms with Crippen molar-refractivity contribution in [2.45, 2.75) is 25.6 Å². The van der Waals surface area contributed by atoms with Crippen LogP contribution in [0.1, 0.15) is 13.8 Å². The number of anilines is 1. The van der Waals surface area contributed by atoms with E-state index in [9.17, 15) is 9.50 Å². The van der Waals surface area contributed by atoms with Crippen molar-refractivity contribution in [3.8, 4) is 0 Å². The largest absolute Gasteiger partial charge is 0.390 e. The van der Waals surface area contributed by atoms with Crippen LogP contribution in [0.3, 0.4) is 0 Å². The highest BCUT2D eigenvalue weighted by Crippen LogP contribution is 2.32. The molecule has 0 saturated carbocycles. The normalized spacial score (nSPS) is 25.4. The van der Waals surface area contributed by atoms with E-state index in [0.717, 1.165) is 0 Å². The molecule has 1 N–H and O–H groups in total. The van der Waals surface area contributed by atoms with Gasteiger partial charge in [-0.25, -0.2) is 14.4 Å². The second-order valence-corrected chi connectivity index (χ2v) is 5.27. The molecule has 0 aliphatic carbocycles. The summed E-state index contributed by atoms with van der Waals surface area (Å²) in [4.78, 5) is 9.62. The second-order valence-electron chi connectivity index (χ2n) is 4.88. The van der Waals surface area contributed by atoms with Crippen LogP contribution in [0.15, 0.2) is 12.4 Å². The number of alkyl halides is 1. The summed E-state index contributed by atoms with van der Waals surface area (Å²) in [5.41, 5.74) is -1.04. The van der Waals surface area contributed by atoms with Gasteiger partial charge in [0.1, 0.15) is 23.5 Å². The van der Waals surface area contributed by atoms with Gasteiger partial charge < -0.3 is 10.0 Å². The molecule has 2 atom stereocenters. The molecular formula is C11H15ClFN3O. The molecular weight excluding hydrogens is 245 g/mol. The molecule has 1 aliphatic heterocycles. The zero-order chi connectivity index (χ0) is 12.6. The first-order chi connectivity index (χ1) is 7.88. The molecule has 0 amide bonds. The third-order valence-corrected chi connectivity index (χ3v) is 3.31. The number of hydrogen-bond acceptors (Lipinski definition) is 4. The van der Waals surface area contributed by atoms with Crippen LogP contribution in [-0.2, 0) is 0 Å². The highest BCUT2D eigenvalue weighted by molar-refractivity contribution is 6.29. The molecule has 0 aromatic carbocycles. The van der Waals surface area contributed by atoms with Gasteiger partial charge in [0.25, 0.3) is 0 Å². The van der Waals surface area contributed by atoms with Crippen LogP contribution in [-0.4, -0.2) is 39.9 Å². The predicted molar refractivity (Wildman–Crippen MR) is 63.9 cm³/mol. The van der Waals surface area contributed by atoms with Crippen LogP contribution in [0.25, 0.3) is 0 Å². The van der Waals surface area contributed by atoms with E-state index in [4.69, 9.17) is 11.6 Å². The highest BCUT2D eigenvalue weighted by Gasteiger charge is 2.42. The third-order valence-electron chi connectivity index (χ3n) is 3.10. The second kappa shape index (κ2) is 4.38. The molecule has 0 unspecified atom stereocenters. The molecule has 0 radical (unpaired) electrons. The van der Waals surface area contributed by atoms with E-state index in [-0.39, 0.29) is 6.54 Å². The molecule has 1 aliphatic rings. The number of halogens is 2. The maximum Gasteiger partial charge on any atom is 0.134 e. The summed E-state index contributed by atoms with van der Waals surface area (Å²) in [7, 11) is 0. The number of rotatable bonds is 2. The van der Waals surface area contributed by atoms with Crippen LogP contribution < -0.4 is 4.90 Å². The lowest BCUT2D eigenvalue weighted by Crippen LogP contribution is -2.37. The van der Waals surface area contributed by atoms with Crippen LogP contribution in [0.4, 0.5) is 10.2 Å². The van der Waals surface area contributed by atoms with Crippen LogP contribution in [0.2, 0.25) is 5.15 Å². The lowest BCUT2D eigenvalue weighted by molar-refractivity contribution is -0.000240. The highest BCUT2D eigenvalue weighted by atomic mass is 35.5. The predicted octanol–water partition coefficient (Wildman–Crippen LogP) is 1.68. The Bertz CT molecular complexity index is 410. The van der Waals surface area contributed by atoms with Crippen molar-refractivity contribution >= 4 is 17.4 Å². The number of hydrogen-bond donors (Lipinski definition) is 1. The van der Waals surface area contributed by atoms with Gasteiger partial charge in [-0.05, 0) is 13.8 Å². The van der Waals surface area contributed by atoms with Crippen LogP contribution >= 0.6 is 11.6 Å². The summed E-state index contributed by atoms with van der Waals surface area (Å²) >= 11 is 5.77. The Morgan fingerprint density at radius 2 is 2.18 bits per heavy atom. The molecule has 94 valence electrons. The van der Waals surface area contributed by atoms with E-state index >= 15 is 0 Å². The standard InChI is InChI=1S/C11H15ClFN3O/c1-11(2,17)7-4-16(5-8(7)13)10-3-9(12)14-6-15-10/h3,6-8,17H,4-5H2,1-2H3/t7-,8+/m0/s1. The molecule has 1 fully saturated rings. The molecule has 1 saturated heterocycles. The molecule has 1 aromatic rings. The summed E-state index contributed by atoms with van der Waals surface area (Å²) < 4.78 is 13.8. The Balaban J connectivity index is 2.17. The van der Waals surface area contributed by atoms with Gasteiger partial charge in [0, 0.05) is 18.5 Å². The van der Waals surface area contributed by atoms with Gasteiger partial charge in [0.2, 0.25) is 0 Å². The van der Waals surface area contributed by atoms with Crippen molar-refractivity contribution in [3.05, 3.63) is 17.5 Å². The quantitative estimate of drug-likeness (QED) is 0.821. The zero-order valence-corrected chi connectivity index (χ0v) is 10.5. The van der Waals surface area contributed by atoms with Gasteiger partial charge >= 0.3 is 0 Å². The summed E-state index contributed by atoms with van der Waals surface area (Å²) in [6, 6.07) is 1.60. The fraction of sp³-hybridized carbons (Fsp3) is 0.636. The van der Waals surface area contributed by atoms with E-state index in [0.29, 0.717) is 17.5 Å². The van der Waals surface area contributed by atoms with E-state index in [1.807, 2.05) is 0 Å². The van der Waals surface area contributed by atoms with E-state index in [1.54, 1.807) is 24.8 Å². The molecule has 4 nitrogen and oxygen atoms in total. The van der Waals surface area contributed by atoms with E-state index in [2.05, 4.69) is 9.97 Å². The number of aliphatic hydroxyl groups is 1. The van der Waals surface area contributed by atoms with Crippen molar-refractivity contribution in [1.29, 1.82) is 0 Å². The van der Waals surface area contributed by atoms with Gasteiger partial charge in [-0.1, -0.05) is 11.6 Å². The van der Waals surface area contributed by atoms with Gasteiger partial charge in [-0.15, -0.1) is 0 Å². The minimum atomic E-state index is -1.07. The first-order valence-corrected chi connectivity index (χ1v) is 5.84. The monoisotopic (exact) mass is 259 g/mol. The summed E-state index contributed by atoms with van der Waals surface area (Å²) in [6.07, 6.45) is 0.284. The van der Waals surface area contributed by atoms with Gasteiger partial charge in [-0.3, -0.25) is 0 Å². The minimum absolute atomic E-state index is 0.224. The third kappa shape index (κ3) is 2.66. The molecule has 17 heavy (non-hydrogen) atoms. The SMILES string of the molecule is CC(C)(O)[C@H]1CN(c2cc(Cl)ncn2)C[C@H]1F. The van der Waals surface area contributed by atoms with E-state index < -0.39 is 17.7 Å². The Morgan fingerprint density at radius 3 is 2.71 bits per heavy atom. The fourth-order valence-corrected chi connectivity index (χ4v) is 2.26. The van der Waals surface area contributed by atoms with Crippen molar-refractivity contribution in [2.24, 2.45) is 5.92 Å². The lowest BCUT2D eigenvalue weighted by Gasteiger charge is -2.26. The summed E-state index contributed by atoms with van der Waals surface area (Å²) in [6.45, 7) is 3.90. The smallest absolute Gasteiger partial charge is 0.134 e. The van der Waals surface area contributed by atoms with E-state index in [1.165, 1.54) is 6.33 Å². The molecule has 1 aromatic heterocycles. The minimum Gasteiger partial charge on any atom is -0.390 e. The van der Waals surface area contributed by atoms with Crippen molar-refractivity contribution in [3.63, 3.8) is 0 Å². The van der Waals surface area contributed by atoms with Crippen LogP contribution in [0.5, 0.6) is 0 Å². The molecule has 2 rings (SSSR count). The fourth-order valence-electron chi connectivity index (χ4n) is 2.11. The number of aromatic nitrogens is 2. The average molecular weight is 260 g/mol. The van der Waals surface area contributed by atoms with Gasteiger partial charge in [0.15, 0.2) is 0 Å². The first kappa shape index (κ1) is 12.5. The Hall–Kier alpha value is -0.940. The number of nitrogens with zero attached hydrogens (tertiary/aromatic N) is 3. The first-order valence-electron chi connectivity index (χ1n) is 5.47. The lowest BCUT2D eigenvalue weighted by atomic mass is 9.89. The topological polar surface area (TPSA) is 49.2 Å². The van der Waals surface area contributed by atoms with Crippen LogP contribution in [0, 0.1) is 5.92 Å². The Labute approximate surface area is 104 Å². The molecule has 0 bridgehead atoms. The maximum absolute atomic E-state index is 13.8. The maximum atomic E-state index is 13.8. The summed E-state index contributed by atoms with van der Waals surface area (Å²) in [5.74, 6) is 0.177. The van der Waals surface area contributed by atoms with Crippen molar-refractivity contribution < 1.29 is 9.50 Å². The Morgan fingerprint density at radius 1 is 1.47 bits per heavy atom. The van der Waals surface area contributed by atoms with Crippen molar-refractivity contribution in [2.75, 3.05) is 18.0 Å². The van der Waals surface area contributed by atoms with Crippen molar-refractivity contribution in [1.82, 2.24) is 9.97 Å². The molecule has 0 spiro atoms.